The fourth-order valence-electron chi connectivity index (χ4n) is 2.34. The summed E-state index contributed by atoms with van der Waals surface area (Å²) in [5.41, 5.74) is -1.01. The Morgan fingerprint density at radius 3 is 2.55 bits per heavy atom. The molecule has 1 aliphatic carbocycles. The molecule has 0 spiro atoms. The Balaban J connectivity index is 2.07. The van der Waals surface area contributed by atoms with E-state index >= 15 is 0 Å². The Labute approximate surface area is 119 Å². The lowest BCUT2D eigenvalue weighted by Gasteiger charge is -2.12. The summed E-state index contributed by atoms with van der Waals surface area (Å²) in [6.45, 7) is 1.16. The number of aromatic nitrogens is 2. The number of alkyl halides is 3. The van der Waals surface area contributed by atoms with E-state index in [9.17, 15) is 18.0 Å². The lowest BCUT2D eigenvalue weighted by molar-refractivity contribution is -0.141. The predicted octanol–water partition coefficient (Wildman–Crippen LogP) is 2.92. The van der Waals surface area contributed by atoms with E-state index in [1.165, 1.54) is 6.92 Å². The lowest BCUT2D eigenvalue weighted by Crippen LogP contribution is -2.35. The summed E-state index contributed by atoms with van der Waals surface area (Å²) < 4.78 is 38.9. The molecule has 2 rings (SSSR count). The number of carbonyl (C=O) groups excluding carboxylic acids is 1. The van der Waals surface area contributed by atoms with E-state index in [2.05, 4.69) is 10.4 Å². The Kier molecular flexibility index (Phi) is 4.27. The Morgan fingerprint density at radius 1 is 1.45 bits per heavy atom. The second-order valence-electron chi connectivity index (χ2n) is 4.95. The number of hydrogen-bond acceptors (Lipinski definition) is 2. The monoisotopic (exact) mass is 309 g/mol. The standard InChI is InChI=1S/C12H15ClF3N3O/c1-7-10(13)11(12(14,15)16)18-19(7)6-9(20)17-8-4-2-3-5-8/h8H,2-6H2,1H3,(H,17,20). The van der Waals surface area contributed by atoms with Gasteiger partial charge in [-0.3, -0.25) is 9.48 Å². The molecule has 0 aliphatic heterocycles. The summed E-state index contributed by atoms with van der Waals surface area (Å²) in [6.07, 6.45) is -0.655. The highest BCUT2D eigenvalue weighted by molar-refractivity contribution is 6.32. The van der Waals surface area contributed by atoms with Gasteiger partial charge in [-0.05, 0) is 19.8 Å². The number of amides is 1. The van der Waals surface area contributed by atoms with Crippen molar-refractivity contribution in [2.45, 2.75) is 51.4 Å². The first kappa shape index (κ1) is 15.2. The Hall–Kier alpha value is -1.24. The molecule has 1 aromatic rings. The smallest absolute Gasteiger partial charge is 0.352 e. The third kappa shape index (κ3) is 3.26. The van der Waals surface area contributed by atoms with Crippen LogP contribution in [-0.2, 0) is 17.5 Å². The van der Waals surface area contributed by atoms with Crippen molar-refractivity contribution in [3.05, 3.63) is 16.4 Å². The quantitative estimate of drug-likeness (QED) is 0.933. The second-order valence-corrected chi connectivity index (χ2v) is 5.33. The fourth-order valence-corrected chi connectivity index (χ4v) is 2.58. The summed E-state index contributed by atoms with van der Waals surface area (Å²) in [5.74, 6) is -0.340. The molecule has 1 aliphatic rings. The molecule has 0 saturated heterocycles. The molecule has 0 aromatic carbocycles. The number of hydrogen-bond donors (Lipinski definition) is 1. The van der Waals surface area contributed by atoms with Gasteiger partial charge in [0.05, 0.1) is 10.7 Å². The van der Waals surface area contributed by atoms with Crippen molar-refractivity contribution < 1.29 is 18.0 Å². The predicted molar refractivity (Wildman–Crippen MR) is 67.4 cm³/mol. The normalized spacial score (nSPS) is 16.6. The molecule has 1 saturated carbocycles. The van der Waals surface area contributed by atoms with Crippen molar-refractivity contribution in [1.29, 1.82) is 0 Å². The van der Waals surface area contributed by atoms with Crippen LogP contribution < -0.4 is 5.32 Å². The largest absolute Gasteiger partial charge is 0.436 e. The van der Waals surface area contributed by atoms with Gasteiger partial charge < -0.3 is 5.32 Å². The topological polar surface area (TPSA) is 46.9 Å². The first-order valence-corrected chi connectivity index (χ1v) is 6.76. The maximum absolute atomic E-state index is 12.6. The molecule has 0 unspecified atom stereocenters. The van der Waals surface area contributed by atoms with Gasteiger partial charge in [0.1, 0.15) is 6.54 Å². The Morgan fingerprint density at radius 2 is 2.05 bits per heavy atom. The molecule has 4 nitrogen and oxygen atoms in total. The van der Waals surface area contributed by atoms with Crippen LogP contribution in [0.15, 0.2) is 0 Å². The molecule has 8 heteroatoms. The summed E-state index contributed by atoms with van der Waals surface area (Å²) in [6, 6.07) is 0.121. The van der Waals surface area contributed by atoms with Gasteiger partial charge in [-0.1, -0.05) is 24.4 Å². The molecule has 112 valence electrons. The number of nitrogens with one attached hydrogen (secondary N) is 1. The molecular formula is C12H15ClF3N3O. The maximum Gasteiger partial charge on any atom is 0.436 e. The van der Waals surface area contributed by atoms with Crippen molar-refractivity contribution in [2.75, 3.05) is 0 Å². The highest BCUT2D eigenvalue weighted by Crippen LogP contribution is 2.35. The van der Waals surface area contributed by atoms with Crippen LogP contribution in [0, 0.1) is 6.92 Å². The number of halogens is 4. The Bertz CT molecular complexity index is 507. The minimum absolute atomic E-state index is 0.121. The molecule has 0 radical (unpaired) electrons. The third-order valence-electron chi connectivity index (χ3n) is 3.42. The third-order valence-corrected chi connectivity index (χ3v) is 3.87. The molecule has 1 heterocycles. The van der Waals surface area contributed by atoms with Gasteiger partial charge in [-0.25, -0.2) is 0 Å². The first-order chi connectivity index (χ1) is 9.29. The van der Waals surface area contributed by atoms with Gasteiger partial charge in [0.25, 0.3) is 0 Å². The van der Waals surface area contributed by atoms with Crippen molar-refractivity contribution in [3.8, 4) is 0 Å². The summed E-state index contributed by atoms with van der Waals surface area (Å²) in [5, 5.41) is 5.74. The summed E-state index contributed by atoms with van der Waals surface area (Å²) >= 11 is 5.62. The van der Waals surface area contributed by atoms with Crippen LogP contribution in [0.5, 0.6) is 0 Å². The molecule has 1 aromatic heterocycles. The van der Waals surface area contributed by atoms with Gasteiger partial charge in [-0.15, -0.1) is 0 Å². The zero-order valence-electron chi connectivity index (χ0n) is 10.9. The van der Waals surface area contributed by atoms with E-state index in [0.717, 1.165) is 30.4 Å². The van der Waals surface area contributed by atoms with Crippen LogP contribution in [-0.4, -0.2) is 21.7 Å². The SMILES string of the molecule is Cc1c(Cl)c(C(F)(F)F)nn1CC(=O)NC1CCCC1. The van der Waals surface area contributed by atoms with E-state index in [0.29, 0.717) is 0 Å². The molecule has 1 N–H and O–H groups in total. The number of nitrogens with zero attached hydrogens (tertiary/aromatic N) is 2. The van der Waals surface area contributed by atoms with Crippen LogP contribution in [0.2, 0.25) is 5.02 Å². The fraction of sp³-hybridized carbons (Fsp3) is 0.667. The second kappa shape index (κ2) is 5.63. The number of rotatable bonds is 3. The van der Waals surface area contributed by atoms with Crippen LogP contribution in [0.25, 0.3) is 0 Å². The van der Waals surface area contributed by atoms with E-state index in [1.807, 2.05) is 0 Å². The molecule has 0 bridgehead atoms. The van der Waals surface area contributed by atoms with Crippen LogP contribution in [0.3, 0.4) is 0 Å². The highest BCUT2D eigenvalue weighted by atomic mass is 35.5. The average molecular weight is 310 g/mol. The molecule has 20 heavy (non-hydrogen) atoms. The minimum Gasteiger partial charge on any atom is -0.352 e. The number of carbonyl (C=O) groups is 1. The van der Waals surface area contributed by atoms with Crippen LogP contribution >= 0.6 is 11.6 Å². The van der Waals surface area contributed by atoms with E-state index < -0.39 is 16.9 Å². The van der Waals surface area contributed by atoms with Gasteiger partial charge in [0.2, 0.25) is 5.91 Å². The van der Waals surface area contributed by atoms with E-state index in [-0.39, 0.29) is 24.2 Å². The lowest BCUT2D eigenvalue weighted by atomic mass is 10.2. The molecule has 1 amide bonds. The molecule has 1 fully saturated rings. The van der Waals surface area contributed by atoms with Crippen molar-refractivity contribution in [2.24, 2.45) is 0 Å². The average Bonchev–Trinajstić information content (AvgIpc) is 2.92. The summed E-state index contributed by atoms with van der Waals surface area (Å²) in [4.78, 5) is 11.8. The van der Waals surface area contributed by atoms with Gasteiger partial charge in [-0.2, -0.15) is 18.3 Å². The van der Waals surface area contributed by atoms with E-state index in [1.54, 1.807) is 0 Å². The van der Waals surface area contributed by atoms with Crippen LogP contribution in [0.4, 0.5) is 13.2 Å². The van der Waals surface area contributed by atoms with Gasteiger partial charge in [0, 0.05) is 6.04 Å². The molecular weight excluding hydrogens is 295 g/mol. The zero-order valence-corrected chi connectivity index (χ0v) is 11.7. The highest BCUT2D eigenvalue weighted by Gasteiger charge is 2.38. The molecule has 0 atom stereocenters. The van der Waals surface area contributed by atoms with Crippen molar-refractivity contribution in [1.82, 2.24) is 15.1 Å². The van der Waals surface area contributed by atoms with Gasteiger partial charge in [0.15, 0.2) is 5.69 Å². The van der Waals surface area contributed by atoms with E-state index in [4.69, 9.17) is 11.6 Å². The van der Waals surface area contributed by atoms with Crippen LogP contribution in [0.1, 0.15) is 37.1 Å². The summed E-state index contributed by atoms with van der Waals surface area (Å²) in [7, 11) is 0. The van der Waals surface area contributed by atoms with Gasteiger partial charge >= 0.3 is 6.18 Å². The first-order valence-electron chi connectivity index (χ1n) is 6.38. The van der Waals surface area contributed by atoms with Crippen molar-refractivity contribution >= 4 is 17.5 Å². The zero-order chi connectivity index (χ0) is 14.9. The minimum atomic E-state index is -4.62. The van der Waals surface area contributed by atoms with Crippen molar-refractivity contribution in [3.63, 3.8) is 0 Å². The maximum atomic E-state index is 12.6.